The highest BCUT2D eigenvalue weighted by Gasteiger charge is 2.23. The van der Waals surface area contributed by atoms with E-state index < -0.39 is 11.5 Å². The van der Waals surface area contributed by atoms with Crippen molar-refractivity contribution in [2.45, 2.75) is 20.0 Å². The molecule has 0 spiro atoms. The lowest BCUT2D eigenvalue weighted by molar-refractivity contribution is 0.0790. The van der Waals surface area contributed by atoms with Gasteiger partial charge in [0.1, 0.15) is 12.4 Å². The maximum atomic E-state index is 12.9. The van der Waals surface area contributed by atoms with Crippen LogP contribution >= 0.6 is 23.2 Å². The van der Waals surface area contributed by atoms with E-state index in [2.05, 4.69) is 9.97 Å². The fraction of sp³-hybridized carbons (Fsp3) is 0.227. The average Bonchev–Trinajstić information content (AvgIpc) is 2.75. The number of benzene rings is 2. The number of aromatic amines is 1. The Kier molecular flexibility index (Phi) is 7.13. The van der Waals surface area contributed by atoms with Gasteiger partial charge in [0, 0.05) is 20.0 Å². The SMILES string of the molecule is CCN(C)C(=O)c1nc(Cc2cccc(Cl)c2Cl)[nH]c(=O)c1OCc1ccccc1. The first-order chi connectivity index (χ1) is 14.4. The van der Waals surface area contributed by atoms with Crippen molar-refractivity contribution in [3.63, 3.8) is 0 Å². The Hall–Kier alpha value is -2.83. The molecule has 0 bridgehead atoms. The van der Waals surface area contributed by atoms with Crippen LogP contribution in [0.4, 0.5) is 0 Å². The summed E-state index contributed by atoms with van der Waals surface area (Å²) in [7, 11) is 1.64. The molecule has 6 nitrogen and oxygen atoms in total. The summed E-state index contributed by atoms with van der Waals surface area (Å²) < 4.78 is 5.72. The molecule has 1 heterocycles. The molecule has 0 atom stereocenters. The number of carbonyl (C=O) groups is 1. The number of hydrogen-bond donors (Lipinski definition) is 1. The van der Waals surface area contributed by atoms with Crippen LogP contribution in [0.3, 0.4) is 0 Å². The topological polar surface area (TPSA) is 75.3 Å². The lowest BCUT2D eigenvalue weighted by Gasteiger charge is -2.17. The number of amides is 1. The molecule has 8 heteroatoms. The van der Waals surface area contributed by atoms with Crippen molar-refractivity contribution in [3.8, 4) is 5.75 Å². The number of ether oxygens (including phenoxy) is 1. The molecule has 3 aromatic rings. The van der Waals surface area contributed by atoms with E-state index in [1.54, 1.807) is 25.2 Å². The molecule has 0 saturated carbocycles. The van der Waals surface area contributed by atoms with Crippen molar-refractivity contribution in [1.29, 1.82) is 0 Å². The number of aromatic nitrogens is 2. The summed E-state index contributed by atoms with van der Waals surface area (Å²) in [5.74, 6) is -0.209. The normalized spacial score (nSPS) is 10.7. The standard InChI is InChI=1S/C22H21Cl2N3O3/c1-3-27(2)22(29)19-20(30-13-14-8-5-4-6-9-14)21(28)26-17(25-19)12-15-10-7-11-16(23)18(15)24/h4-11H,3,12-13H2,1-2H3,(H,25,26,28). The zero-order chi connectivity index (χ0) is 21.7. The molecule has 1 N–H and O–H groups in total. The van der Waals surface area contributed by atoms with Gasteiger partial charge >= 0.3 is 0 Å². The van der Waals surface area contributed by atoms with E-state index in [1.165, 1.54) is 4.90 Å². The maximum Gasteiger partial charge on any atom is 0.294 e. The van der Waals surface area contributed by atoms with Gasteiger partial charge in [-0.15, -0.1) is 0 Å². The van der Waals surface area contributed by atoms with Gasteiger partial charge in [-0.2, -0.15) is 0 Å². The van der Waals surface area contributed by atoms with E-state index in [-0.39, 0.29) is 24.5 Å². The smallest absolute Gasteiger partial charge is 0.294 e. The largest absolute Gasteiger partial charge is 0.481 e. The highest BCUT2D eigenvalue weighted by molar-refractivity contribution is 6.42. The van der Waals surface area contributed by atoms with Gasteiger partial charge in [0.25, 0.3) is 11.5 Å². The minimum atomic E-state index is -0.526. The Morgan fingerprint density at radius 2 is 1.87 bits per heavy atom. The first-order valence-electron chi connectivity index (χ1n) is 9.39. The summed E-state index contributed by atoms with van der Waals surface area (Å²) in [5.41, 5.74) is 0.996. The minimum absolute atomic E-state index is 0.0350. The molecule has 2 aromatic carbocycles. The van der Waals surface area contributed by atoms with Gasteiger partial charge in [0.2, 0.25) is 5.75 Å². The van der Waals surface area contributed by atoms with Gasteiger partial charge < -0.3 is 14.6 Å². The summed E-state index contributed by atoms with van der Waals surface area (Å²) in [6.07, 6.45) is 0.212. The van der Waals surface area contributed by atoms with Gasteiger partial charge in [-0.1, -0.05) is 65.7 Å². The van der Waals surface area contributed by atoms with E-state index >= 15 is 0 Å². The number of H-pyrrole nitrogens is 1. The van der Waals surface area contributed by atoms with Crippen LogP contribution in [0.5, 0.6) is 5.75 Å². The van der Waals surface area contributed by atoms with Gasteiger partial charge in [-0.05, 0) is 24.1 Å². The summed E-state index contributed by atoms with van der Waals surface area (Å²) in [6, 6.07) is 14.6. The molecular weight excluding hydrogens is 425 g/mol. The second kappa shape index (κ2) is 9.78. The van der Waals surface area contributed by atoms with E-state index in [1.807, 2.05) is 37.3 Å². The predicted molar refractivity (Wildman–Crippen MR) is 118 cm³/mol. The molecule has 3 rings (SSSR count). The van der Waals surface area contributed by atoms with Crippen LogP contribution in [0.1, 0.15) is 34.4 Å². The molecule has 0 aliphatic rings. The molecule has 1 amide bonds. The molecule has 0 saturated heterocycles. The molecule has 1 aromatic heterocycles. The second-order valence-corrected chi connectivity index (χ2v) is 7.46. The molecule has 0 radical (unpaired) electrons. The van der Waals surface area contributed by atoms with E-state index in [0.717, 1.165) is 5.56 Å². The minimum Gasteiger partial charge on any atom is -0.481 e. The molecule has 0 unspecified atom stereocenters. The van der Waals surface area contributed by atoms with Crippen molar-refractivity contribution >= 4 is 29.1 Å². The zero-order valence-corrected chi connectivity index (χ0v) is 18.1. The average molecular weight is 446 g/mol. The summed E-state index contributed by atoms with van der Waals surface area (Å²) in [6.45, 7) is 2.43. The monoisotopic (exact) mass is 445 g/mol. The number of hydrogen-bond acceptors (Lipinski definition) is 4. The number of carbonyl (C=O) groups excluding carboxylic acids is 1. The third kappa shape index (κ3) is 5.01. The molecule has 0 fully saturated rings. The van der Waals surface area contributed by atoms with Crippen molar-refractivity contribution < 1.29 is 9.53 Å². The predicted octanol–water partition coefficient (Wildman–Crippen LogP) is 4.34. The van der Waals surface area contributed by atoms with Crippen LogP contribution in [0, 0.1) is 0 Å². The van der Waals surface area contributed by atoms with Crippen molar-refractivity contribution in [2.24, 2.45) is 0 Å². The first kappa shape index (κ1) is 21.9. The first-order valence-corrected chi connectivity index (χ1v) is 10.1. The van der Waals surface area contributed by atoms with Gasteiger partial charge in [0.15, 0.2) is 5.69 Å². The Morgan fingerprint density at radius 3 is 2.57 bits per heavy atom. The number of rotatable bonds is 7. The highest BCUT2D eigenvalue weighted by Crippen LogP contribution is 2.27. The molecular formula is C22H21Cl2N3O3. The van der Waals surface area contributed by atoms with Gasteiger partial charge in [-0.25, -0.2) is 4.98 Å². The van der Waals surface area contributed by atoms with Crippen LogP contribution in [-0.4, -0.2) is 34.4 Å². The number of nitrogens with one attached hydrogen (secondary N) is 1. The fourth-order valence-corrected chi connectivity index (χ4v) is 3.18. The Balaban J connectivity index is 1.98. The van der Waals surface area contributed by atoms with Gasteiger partial charge in [0.05, 0.1) is 10.0 Å². The lowest BCUT2D eigenvalue weighted by Crippen LogP contribution is -2.30. The summed E-state index contributed by atoms with van der Waals surface area (Å²) >= 11 is 12.3. The summed E-state index contributed by atoms with van der Waals surface area (Å²) in [5, 5.41) is 0.783. The third-order valence-electron chi connectivity index (χ3n) is 4.56. The van der Waals surface area contributed by atoms with Crippen LogP contribution in [0.25, 0.3) is 0 Å². The van der Waals surface area contributed by atoms with Crippen LogP contribution in [0.15, 0.2) is 53.3 Å². The Labute approximate surface area is 184 Å². The lowest BCUT2D eigenvalue weighted by atomic mass is 10.1. The summed E-state index contributed by atoms with van der Waals surface area (Å²) in [4.78, 5) is 34.2. The van der Waals surface area contributed by atoms with Crippen LogP contribution < -0.4 is 10.3 Å². The molecule has 156 valence electrons. The number of halogens is 2. The van der Waals surface area contributed by atoms with Crippen molar-refractivity contribution in [1.82, 2.24) is 14.9 Å². The zero-order valence-electron chi connectivity index (χ0n) is 16.6. The Bertz CT molecular complexity index is 1100. The van der Waals surface area contributed by atoms with Crippen molar-refractivity contribution in [2.75, 3.05) is 13.6 Å². The van der Waals surface area contributed by atoms with E-state index in [0.29, 0.717) is 28.0 Å². The quantitative estimate of drug-likeness (QED) is 0.586. The molecule has 0 aliphatic heterocycles. The van der Waals surface area contributed by atoms with Crippen molar-refractivity contribution in [3.05, 3.63) is 91.6 Å². The second-order valence-electron chi connectivity index (χ2n) is 6.67. The van der Waals surface area contributed by atoms with E-state index in [4.69, 9.17) is 27.9 Å². The Morgan fingerprint density at radius 1 is 1.13 bits per heavy atom. The third-order valence-corrected chi connectivity index (χ3v) is 5.42. The fourth-order valence-electron chi connectivity index (χ4n) is 2.79. The maximum absolute atomic E-state index is 12.9. The molecule has 0 aliphatic carbocycles. The van der Waals surface area contributed by atoms with Gasteiger partial charge in [-0.3, -0.25) is 9.59 Å². The number of nitrogens with zero attached hydrogens (tertiary/aromatic N) is 2. The van der Waals surface area contributed by atoms with E-state index in [9.17, 15) is 9.59 Å². The van der Waals surface area contributed by atoms with Crippen LogP contribution in [0.2, 0.25) is 10.0 Å². The molecule has 30 heavy (non-hydrogen) atoms. The van der Waals surface area contributed by atoms with Crippen LogP contribution in [-0.2, 0) is 13.0 Å². The highest BCUT2D eigenvalue weighted by atomic mass is 35.5.